The quantitative estimate of drug-likeness (QED) is 0.203. The first-order valence-electron chi connectivity index (χ1n) is 10.3. The average Bonchev–Trinajstić information content (AvgIpc) is 3.44. The van der Waals surface area contributed by atoms with Gasteiger partial charge in [0.1, 0.15) is 28.4 Å². The van der Waals surface area contributed by atoms with Crippen LogP contribution in [0.15, 0.2) is 72.7 Å². The molecule has 0 radical (unpaired) electrons. The van der Waals surface area contributed by atoms with Crippen LogP contribution in [-0.2, 0) is 11.2 Å². The predicted molar refractivity (Wildman–Crippen MR) is 119 cm³/mol. The molecule has 0 N–H and O–H groups in total. The van der Waals surface area contributed by atoms with Crippen LogP contribution >= 0.6 is 0 Å². The van der Waals surface area contributed by atoms with E-state index in [0.29, 0.717) is 57.2 Å². The summed E-state index contributed by atoms with van der Waals surface area (Å²) in [5.74, 6) is 1.33. The molecule has 8 nitrogen and oxygen atoms in total. The fourth-order valence-corrected chi connectivity index (χ4v) is 3.63. The number of para-hydroxylation sites is 1. The van der Waals surface area contributed by atoms with Crippen LogP contribution in [0.3, 0.4) is 0 Å². The number of hydrogen-bond donors (Lipinski definition) is 0. The van der Waals surface area contributed by atoms with Gasteiger partial charge in [-0.1, -0.05) is 18.2 Å². The van der Waals surface area contributed by atoms with Gasteiger partial charge in [0.15, 0.2) is 0 Å². The first-order chi connectivity index (χ1) is 16.0. The Morgan fingerprint density at radius 3 is 2.67 bits per heavy atom. The molecule has 0 aliphatic heterocycles. The highest BCUT2D eigenvalue weighted by Gasteiger charge is 2.17. The summed E-state index contributed by atoms with van der Waals surface area (Å²) >= 11 is 0. The predicted octanol–water partition coefficient (Wildman–Crippen LogP) is 5.05. The molecule has 8 heteroatoms. The van der Waals surface area contributed by atoms with Gasteiger partial charge in [-0.15, -0.1) is 0 Å². The molecule has 0 spiro atoms. The standard InChI is InChI=1S/C25H19NO7/c1-14-9-21-17(12-20(14)31-24(27)8-7-16-11-23(29-2)26-33-16)18(13-25(28)32-21)22-10-15-5-3-4-6-19(15)30-22/h3-6,9-13H,7-8H2,1-2H3. The minimum absolute atomic E-state index is 0.0934. The van der Waals surface area contributed by atoms with Crippen molar-refractivity contribution in [2.45, 2.75) is 19.8 Å². The first-order valence-corrected chi connectivity index (χ1v) is 10.3. The van der Waals surface area contributed by atoms with Crippen molar-refractivity contribution in [3.05, 3.63) is 76.3 Å². The van der Waals surface area contributed by atoms with E-state index in [1.165, 1.54) is 13.2 Å². The highest BCUT2D eigenvalue weighted by Crippen LogP contribution is 2.35. The second-order valence-electron chi connectivity index (χ2n) is 7.55. The Kier molecular flexibility index (Phi) is 5.18. The van der Waals surface area contributed by atoms with Crippen molar-refractivity contribution in [3.8, 4) is 23.0 Å². The number of carbonyl (C=O) groups is 1. The van der Waals surface area contributed by atoms with E-state index in [9.17, 15) is 9.59 Å². The number of hydrogen-bond acceptors (Lipinski definition) is 8. The van der Waals surface area contributed by atoms with Gasteiger partial charge in [-0.3, -0.25) is 4.79 Å². The second kappa shape index (κ2) is 8.31. The lowest BCUT2D eigenvalue weighted by Gasteiger charge is -2.10. The number of ether oxygens (including phenoxy) is 2. The number of aryl methyl sites for hydroxylation is 2. The summed E-state index contributed by atoms with van der Waals surface area (Å²) in [6.07, 6.45) is 0.414. The zero-order chi connectivity index (χ0) is 22.9. The summed E-state index contributed by atoms with van der Waals surface area (Å²) < 4.78 is 27.0. The Balaban J connectivity index is 1.46. The number of furan rings is 1. The number of rotatable bonds is 6. The van der Waals surface area contributed by atoms with E-state index < -0.39 is 11.6 Å². The SMILES string of the molecule is COc1cc(CCC(=O)Oc2cc3c(-c4cc5ccccc5o4)cc(=O)oc3cc2C)on1. The number of fused-ring (bicyclic) bond motifs is 2. The molecule has 3 aromatic heterocycles. The lowest BCUT2D eigenvalue weighted by molar-refractivity contribution is -0.134. The lowest BCUT2D eigenvalue weighted by atomic mass is 10.0. The molecule has 2 aromatic carbocycles. The van der Waals surface area contributed by atoms with Crippen molar-refractivity contribution >= 4 is 27.9 Å². The molecule has 0 aliphatic rings. The molecule has 0 aliphatic carbocycles. The normalized spacial score (nSPS) is 11.2. The van der Waals surface area contributed by atoms with Crippen LogP contribution in [0.1, 0.15) is 17.7 Å². The van der Waals surface area contributed by atoms with E-state index >= 15 is 0 Å². The van der Waals surface area contributed by atoms with Crippen molar-refractivity contribution < 1.29 is 27.6 Å². The van der Waals surface area contributed by atoms with Crippen molar-refractivity contribution in [2.24, 2.45) is 0 Å². The van der Waals surface area contributed by atoms with Gasteiger partial charge in [0.2, 0.25) is 0 Å². The van der Waals surface area contributed by atoms with Crippen LogP contribution in [0.25, 0.3) is 33.3 Å². The third-order valence-corrected chi connectivity index (χ3v) is 5.28. The molecule has 0 atom stereocenters. The van der Waals surface area contributed by atoms with Gasteiger partial charge >= 0.3 is 11.6 Å². The summed E-state index contributed by atoms with van der Waals surface area (Å²) in [6.45, 7) is 1.78. The van der Waals surface area contributed by atoms with Gasteiger partial charge in [-0.2, -0.15) is 0 Å². The molecule has 0 saturated carbocycles. The van der Waals surface area contributed by atoms with E-state index in [1.54, 1.807) is 25.1 Å². The van der Waals surface area contributed by atoms with Gasteiger partial charge in [0.05, 0.1) is 13.5 Å². The maximum atomic E-state index is 12.5. The first kappa shape index (κ1) is 20.6. The largest absolute Gasteiger partial charge is 0.479 e. The Morgan fingerprint density at radius 2 is 1.88 bits per heavy atom. The highest BCUT2D eigenvalue weighted by molar-refractivity contribution is 5.96. The fraction of sp³-hybridized carbons (Fsp3) is 0.160. The van der Waals surface area contributed by atoms with Gasteiger partial charge < -0.3 is 22.8 Å². The fourth-order valence-electron chi connectivity index (χ4n) is 3.63. The summed E-state index contributed by atoms with van der Waals surface area (Å²) in [6, 6.07) is 15.8. The molecular weight excluding hydrogens is 426 g/mol. The zero-order valence-corrected chi connectivity index (χ0v) is 17.9. The number of nitrogens with zero attached hydrogens (tertiary/aromatic N) is 1. The molecule has 0 saturated heterocycles. The summed E-state index contributed by atoms with van der Waals surface area (Å²) in [7, 11) is 1.49. The molecule has 5 rings (SSSR count). The van der Waals surface area contributed by atoms with Gasteiger partial charge in [0, 0.05) is 34.9 Å². The second-order valence-corrected chi connectivity index (χ2v) is 7.55. The molecule has 0 amide bonds. The molecule has 166 valence electrons. The summed E-state index contributed by atoms with van der Waals surface area (Å²) in [5, 5.41) is 5.22. The zero-order valence-electron chi connectivity index (χ0n) is 17.9. The topological polar surface area (TPSA) is 105 Å². The van der Waals surface area contributed by atoms with Crippen LogP contribution in [-0.4, -0.2) is 18.2 Å². The molecular formula is C25H19NO7. The van der Waals surface area contributed by atoms with E-state index in [4.69, 9.17) is 22.8 Å². The maximum absolute atomic E-state index is 12.5. The number of esters is 1. The van der Waals surface area contributed by atoms with E-state index in [-0.39, 0.29) is 6.42 Å². The minimum atomic E-state index is -0.496. The number of methoxy groups -OCH3 is 1. The van der Waals surface area contributed by atoms with Crippen molar-refractivity contribution in [1.82, 2.24) is 5.16 Å². The maximum Gasteiger partial charge on any atom is 0.336 e. The summed E-state index contributed by atoms with van der Waals surface area (Å²) in [5.41, 5.74) is 1.80. The third-order valence-electron chi connectivity index (χ3n) is 5.28. The molecule has 0 fully saturated rings. The van der Waals surface area contributed by atoms with E-state index in [0.717, 1.165) is 5.39 Å². The molecule has 33 heavy (non-hydrogen) atoms. The molecule has 5 aromatic rings. The van der Waals surface area contributed by atoms with Gasteiger partial charge in [0.25, 0.3) is 5.88 Å². The Labute approximate surface area is 187 Å². The molecule has 0 unspecified atom stereocenters. The lowest BCUT2D eigenvalue weighted by Crippen LogP contribution is -2.10. The van der Waals surface area contributed by atoms with Crippen LogP contribution in [0, 0.1) is 6.92 Å². The van der Waals surface area contributed by atoms with E-state index in [2.05, 4.69) is 5.16 Å². The van der Waals surface area contributed by atoms with Crippen LogP contribution in [0.4, 0.5) is 0 Å². The summed E-state index contributed by atoms with van der Waals surface area (Å²) in [4.78, 5) is 24.7. The smallest absolute Gasteiger partial charge is 0.336 e. The Morgan fingerprint density at radius 1 is 1.03 bits per heavy atom. The molecule has 0 bridgehead atoms. The Bertz CT molecular complexity index is 1510. The van der Waals surface area contributed by atoms with E-state index in [1.807, 2.05) is 30.3 Å². The molecule has 3 heterocycles. The van der Waals surface area contributed by atoms with Gasteiger partial charge in [-0.25, -0.2) is 4.79 Å². The van der Waals surface area contributed by atoms with Crippen LogP contribution < -0.4 is 15.1 Å². The minimum Gasteiger partial charge on any atom is -0.479 e. The monoisotopic (exact) mass is 445 g/mol. The van der Waals surface area contributed by atoms with Crippen molar-refractivity contribution in [2.75, 3.05) is 7.11 Å². The highest BCUT2D eigenvalue weighted by atomic mass is 16.5. The van der Waals surface area contributed by atoms with Crippen LogP contribution in [0.5, 0.6) is 11.6 Å². The van der Waals surface area contributed by atoms with Crippen LogP contribution in [0.2, 0.25) is 0 Å². The number of carbonyl (C=O) groups excluding carboxylic acids is 1. The average molecular weight is 445 g/mol. The number of benzene rings is 2. The van der Waals surface area contributed by atoms with Gasteiger partial charge in [-0.05, 0) is 41.9 Å². The number of aromatic nitrogens is 1. The van der Waals surface area contributed by atoms with Crippen molar-refractivity contribution in [3.63, 3.8) is 0 Å². The van der Waals surface area contributed by atoms with Crippen molar-refractivity contribution in [1.29, 1.82) is 0 Å². The third kappa shape index (κ3) is 4.10. The Hall–Kier alpha value is -4.33.